The minimum Gasteiger partial charge on any atom is -0.379 e. The molecule has 23 heavy (non-hydrogen) atoms. The summed E-state index contributed by atoms with van der Waals surface area (Å²) in [5.41, 5.74) is -0.118. The van der Waals surface area contributed by atoms with Gasteiger partial charge in [-0.2, -0.15) is 8.42 Å². The average molecular weight is 343 g/mol. The molecule has 0 unspecified atom stereocenters. The lowest BCUT2D eigenvalue weighted by molar-refractivity contribution is -0.385. The Morgan fingerprint density at radius 3 is 2.39 bits per heavy atom. The molecule has 0 amide bonds. The maximum absolute atomic E-state index is 13.1. The number of hydrogen-bond donors (Lipinski definition) is 0. The van der Waals surface area contributed by atoms with Gasteiger partial charge in [-0.15, -0.1) is 0 Å². The van der Waals surface area contributed by atoms with Gasteiger partial charge < -0.3 is 4.18 Å². The van der Waals surface area contributed by atoms with E-state index in [1.165, 1.54) is 12.1 Å². The number of nitro groups is 1. The molecule has 0 aromatic heterocycles. The molecule has 2 rings (SSSR count). The van der Waals surface area contributed by atoms with Crippen LogP contribution in [0.2, 0.25) is 0 Å². The fourth-order valence-electron chi connectivity index (χ4n) is 1.88. The van der Waals surface area contributed by atoms with E-state index in [4.69, 9.17) is 4.18 Å². The molecule has 0 saturated heterocycles. The summed E-state index contributed by atoms with van der Waals surface area (Å²) in [6.45, 7) is 1.66. The van der Waals surface area contributed by atoms with Gasteiger partial charge in [-0.1, -0.05) is 13.0 Å². The quantitative estimate of drug-likeness (QED) is 0.473. The molecule has 0 spiro atoms. The van der Waals surface area contributed by atoms with E-state index in [1.54, 1.807) is 6.92 Å². The van der Waals surface area contributed by atoms with Gasteiger partial charge in [-0.05, 0) is 24.1 Å². The SMILES string of the molecule is CCc1ccc([N+](=O)[O-])cc1S(=O)(=O)Oc1ccc(F)c(F)c1. The number of nitrogens with zero attached hydrogens (tertiary/aromatic N) is 1. The van der Waals surface area contributed by atoms with Crippen molar-refractivity contribution in [2.24, 2.45) is 0 Å². The van der Waals surface area contributed by atoms with Gasteiger partial charge >= 0.3 is 10.1 Å². The Kier molecular flexibility index (Phi) is 4.60. The van der Waals surface area contributed by atoms with Gasteiger partial charge in [0.05, 0.1) is 4.92 Å². The van der Waals surface area contributed by atoms with Gasteiger partial charge in [0.1, 0.15) is 10.6 Å². The van der Waals surface area contributed by atoms with Crippen molar-refractivity contribution in [3.8, 4) is 5.75 Å². The summed E-state index contributed by atoms with van der Waals surface area (Å²) in [5, 5.41) is 10.8. The summed E-state index contributed by atoms with van der Waals surface area (Å²) in [5.74, 6) is -2.86. The molecule has 0 bridgehead atoms. The topological polar surface area (TPSA) is 86.5 Å². The first-order chi connectivity index (χ1) is 10.7. The fourth-order valence-corrected chi connectivity index (χ4v) is 3.13. The molecule has 2 aromatic carbocycles. The molecule has 0 saturated carbocycles. The van der Waals surface area contributed by atoms with Crippen LogP contribution >= 0.6 is 0 Å². The number of rotatable bonds is 5. The first-order valence-corrected chi connectivity index (χ1v) is 7.82. The first-order valence-electron chi connectivity index (χ1n) is 6.41. The van der Waals surface area contributed by atoms with Crippen molar-refractivity contribution in [1.82, 2.24) is 0 Å². The highest BCUT2D eigenvalue weighted by Gasteiger charge is 2.24. The second-order valence-electron chi connectivity index (χ2n) is 4.52. The molecule has 0 atom stereocenters. The van der Waals surface area contributed by atoms with Crippen LogP contribution in [0.3, 0.4) is 0 Å². The maximum Gasteiger partial charge on any atom is 0.339 e. The number of halogens is 2. The molecular formula is C14H11F2NO5S. The van der Waals surface area contributed by atoms with Gasteiger partial charge in [-0.3, -0.25) is 10.1 Å². The van der Waals surface area contributed by atoms with E-state index in [1.807, 2.05) is 0 Å². The van der Waals surface area contributed by atoms with E-state index in [2.05, 4.69) is 0 Å². The second-order valence-corrected chi connectivity index (χ2v) is 6.03. The van der Waals surface area contributed by atoms with E-state index in [-0.39, 0.29) is 11.3 Å². The minimum absolute atomic E-state index is 0.285. The zero-order valence-electron chi connectivity index (χ0n) is 11.8. The van der Waals surface area contributed by atoms with Gasteiger partial charge in [0, 0.05) is 18.2 Å². The predicted octanol–water partition coefficient (Wildman–Crippen LogP) is 3.20. The molecule has 0 N–H and O–H groups in total. The number of nitro benzene ring substituents is 1. The highest BCUT2D eigenvalue weighted by Crippen LogP contribution is 2.26. The molecule has 0 heterocycles. The molecule has 2 aromatic rings. The van der Waals surface area contributed by atoms with Crippen LogP contribution in [0.4, 0.5) is 14.5 Å². The van der Waals surface area contributed by atoms with E-state index in [0.29, 0.717) is 17.7 Å². The molecule has 0 aliphatic heterocycles. The van der Waals surface area contributed by atoms with Crippen LogP contribution in [0.15, 0.2) is 41.3 Å². The van der Waals surface area contributed by atoms with Crippen molar-refractivity contribution >= 4 is 15.8 Å². The van der Waals surface area contributed by atoms with Crippen LogP contribution in [0.25, 0.3) is 0 Å². The molecular weight excluding hydrogens is 332 g/mol. The Balaban J connectivity index is 2.47. The summed E-state index contributed by atoms with van der Waals surface area (Å²) in [4.78, 5) is 9.67. The Morgan fingerprint density at radius 2 is 1.83 bits per heavy atom. The maximum atomic E-state index is 13.1. The van der Waals surface area contributed by atoms with Crippen molar-refractivity contribution < 1.29 is 26.3 Å². The third kappa shape index (κ3) is 3.62. The standard InChI is InChI=1S/C14H11F2NO5S/c1-2-9-3-4-10(17(18)19)7-14(9)23(20,21)22-11-5-6-12(15)13(16)8-11/h3-8H,2H2,1H3. The van der Waals surface area contributed by atoms with Gasteiger partial charge in [0.2, 0.25) is 0 Å². The molecule has 0 fully saturated rings. The molecule has 0 aliphatic rings. The average Bonchev–Trinajstić information content (AvgIpc) is 2.50. The minimum atomic E-state index is -4.44. The Hall–Kier alpha value is -2.55. The summed E-state index contributed by atoms with van der Waals surface area (Å²) in [6, 6.07) is 5.59. The lowest BCUT2D eigenvalue weighted by atomic mass is 10.1. The Bertz CT molecular complexity index is 867. The summed E-state index contributed by atoms with van der Waals surface area (Å²) in [7, 11) is -4.44. The summed E-state index contributed by atoms with van der Waals surface area (Å²) < 4.78 is 55.3. The lowest BCUT2D eigenvalue weighted by Crippen LogP contribution is -2.13. The highest BCUT2D eigenvalue weighted by molar-refractivity contribution is 7.87. The normalized spacial score (nSPS) is 11.3. The van der Waals surface area contributed by atoms with Crippen molar-refractivity contribution in [1.29, 1.82) is 0 Å². The van der Waals surface area contributed by atoms with Crippen molar-refractivity contribution in [2.75, 3.05) is 0 Å². The zero-order valence-corrected chi connectivity index (χ0v) is 12.6. The van der Waals surface area contributed by atoms with E-state index >= 15 is 0 Å². The number of non-ortho nitro benzene ring substituents is 1. The molecule has 122 valence electrons. The van der Waals surface area contributed by atoms with E-state index < -0.39 is 38.1 Å². The summed E-state index contributed by atoms with van der Waals surface area (Å²) in [6.07, 6.45) is 0.285. The van der Waals surface area contributed by atoms with Crippen LogP contribution in [0.1, 0.15) is 12.5 Å². The highest BCUT2D eigenvalue weighted by atomic mass is 32.2. The Morgan fingerprint density at radius 1 is 1.13 bits per heavy atom. The number of benzene rings is 2. The Labute approximate surface area is 130 Å². The van der Waals surface area contributed by atoms with E-state index in [9.17, 15) is 27.3 Å². The lowest BCUT2D eigenvalue weighted by Gasteiger charge is -2.10. The zero-order chi connectivity index (χ0) is 17.2. The van der Waals surface area contributed by atoms with Crippen molar-refractivity contribution in [3.05, 3.63) is 63.7 Å². The van der Waals surface area contributed by atoms with Crippen molar-refractivity contribution in [3.63, 3.8) is 0 Å². The third-order valence-corrected chi connectivity index (χ3v) is 4.34. The predicted molar refractivity (Wildman–Crippen MR) is 76.6 cm³/mol. The van der Waals surface area contributed by atoms with Gasteiger partial charge in [0.15, 0.2) is 11.6 Å². The van der Waals surface area contributed by atoms with Crippen LogP contribution in [0.5, 0.6) is 5.75 Å². The summed E-state index contributed by atoms with van der Waals surface area (Å²) >= 11 is 0. The first kappa shape index (κ1) is 16.8. The smallest absolute Gasteiger partial charge is 0.339 e. The van der Waals surface area contributed by atoms with Crippen LogP contribution in [0, 0.1) is 21.7 Å². The largest absolute Gasteiger partial charge is 0.379 e. The van der Waals surface area contributed by atoms with Crippen LogP contribution in [-0.2, 0) is 16.5 Å². The van der Waals surface area contributed by atoms with Gasteiger partial charge in [-0.25, -0.2) is 8.78 Å². The number of aryl methyl sites for hydroxylation is 1. The van der Waals surface area contributed by atoms with Crippen LogP contribution < -0.4 is 4.18 Å². The molecule has 0 radical (unpaired) electrons. The monoisotopic (exact) mass is 343 g/mol. The van der Waals surface area contributed by atoms with Gasteiger partial charge in [0.25, 0.3) is 5.69 Å². The number of hydrogen-bond acceptors (Lipinski definition) is 5. The molecule has 6 nitrogen and oxygen atoms in total. The third-order valence-electron chi connectivity index (χ3n) is 3.01. The van der Waals surface area contributed by atoms with Crippen LogP contribution in [-0.4, -0.2) is 13.3 Å². The molecule has 0 aliphatic carbocycles. The second kappa shape index (κ2) is 6.29. The molecule has 9 heteroatoms. The van der Waals surface area contributed by atoms with E-state index in [0.717, 1.165) is 12.1 Å². The van der Waals surface area contributed by atoms with Crippen molar-refractivity contribution in [2.45, 2.75) is 18.2 Å². The fraction of sp³-hybridized carbons (Fsp3) is 0.143.